The third-order valence-electron chi connectivity index (χ3n) is 12.6. The van der Waals surface area contributed by atoms with Gasteiger partial charge >= 0.3 is 12.1 Å². The van der Waals surface area contributed by atoms with Crippen LogP contribution in [0.25, 0.3) is 11.4 Å². The van der Waals surface area contributed by atoms with Crippen molar-refractivity contribution in [1.82, 2.24) is 35.1 Å². The average Bonchev–Trinajstić information content (AvgIpc) is 3.78. The van der Waals surface area contributed by atoms with Crippen LogP contribution in [0.3, 0.4) is 0 Å². The van der Waals surface area contributed by atoms with Gasteiger partial charge in [-0.1, -0.05) is 32.1 Å². The molecule has 0 spiro atoms. The number of aliphatic hydroxyl groups is 1. The maximum atomic E-state index is 16.9. The number of carbonyl (C=O) groups is 3. The Morgan fingerprint density at radius 3 is 2.42 bits per heavy atom. The zero-order valence-electron chi connectivity index (χ0n) is 36.6. The van der Waals surface area contributed by atoms with Crippen molar-refractivity contribution in [2.24, 2.45) is 11.8 Å². The van der Waals surface area contributed by atoms with Gasteiger partial charge in [-0.05, 0) is 105 Å². The van der Waals surface area contributed by atoms with Gasteiger partial charge in [-0.15, -0.1) is 5.10 Å². The number of methoxy groups -OCH3 is 1. The van der Waals surface area contributed by atoms with Crippen molar-refractivity contribution in [3.8, 4) is 11.4 Å². The highest BCUT2D eigenvalue weighted by Gasteiger charge is 2.60. The second kappa shape index (κ2) is 19.0. The Bertz CT molecular complexity index is 1730. The van der Waals surface area contributed by atoms with Crippen molar-refractivity contribution in [2.75, 3.05) is 34.3 Å². The van der Waals surface area contributed by atoms with E-state index in [-0.39, 0.29) is 24.5 Å². The lowest BCUT2D eigenvalue weighted by molar-refractivity contribution is -0.295. The summed E-state index contributed by atoms with van der Waals surface area (Å²) in [6.45, 7) is 14.8. The second-order valence-electron chi connectivity index (χ2n) is 17.6. The minimum Gasteiger partial charge on any atom is -0.455 e. The van der Waals surface area contributed by atoms with Gasteiger partial charge in [0.1, 0.15) is 17.9 Å². The number of ketones is 1. The van der Waals surface area contributed by atoms with Crippen molar-refractivity contribution < 1.29 is 47.6 Å². The molecule has 0 bridgehead atoms. The molecule has 0 saturated carbocycles. The molecule has 3 aliphatic heterocycles. The number of pyridine rings is 1. The number of aryl methyl sites for hydroxylation is 1. The highest BCUT2D eigenvalue weighted by Crippen LogP contribution is 2.41. The number of alkyl halides is 1. The maximum absolute atomic E-state index is 16.9. The Labute approximate surface area is 347 Å². The van der Waals surface area contributed by atoms with Crippen molar-refractivity contribution in [3.63, 3.8) is 0 Å². The quantitative estimate of drug-likeness (QED) is 0.187. The number of Topliss-reactive ketones (excluding diaryl/α,β-unsaturated/α-hetero) is 1. The van der Waals surface area contributed by atoms with Gasteiger partial charge in [0.05, 0.1) is 35.7 Å². The minimum absolute atomic E-state index is 0.112. The van der Waals surface area contributed by atoms with E-state index in [0.29, 0.717) is 51.0 Å². The molecule has 0 radical (unpaired) electrons. The molecule has 16 nitrogen and oxygen atoms in total. The van der Waals surface area contributed by atoms with Crippen LogP contribution in [0, 0.1) is 11.8 Å². The van der Waals surface area contributed by atoms with E-state index in [1.807, 2.05) is 64.2 Å². The number of esters is 1. The standard InChI is InChI=1S/C42H66FN7O9/c1-12-32-42(8)34(50(39(54)59-42)20-16-15-19-49-24-30(46-47-49)29-17-13-14-18-44-29)28(5)45-23-25(2)22-40(6,55-11)36(27(4)35(52)41(7,43)38(53)57-32)58-37-33(51)31(48(9)10)21-26(3)56-37/h13-14,17-18,24-28,31-34,36-37,45,51H,12,15-16,19-23H2,1-11H3/t25-,26?,27-,28-,31?,32-,33?,34-,36-,37+,40-,41-,42-/m1/s1. The fraction of sp³-hybridized carbons (Fsp3) is 0.762. The molecule has 3 unspecified atom stereocenters. The molecule has 0 aromatic carbocycles. The largest absolute Gasteiger partial charge is 0.455 e. The Balaban J connectivity index is 1.41. The molecule has 3 fully saturated rings. The molecule has 330 valence electrons. The first-order chi connectivity index (χ1) is 27.8. The normalized spacial score (nSPS) is 37.7. The predicted molar refractivity (Wildman–Crippen MR) is 216 cm³/mol. The molecule has 0 aliphatic carbocycles. The molecule has 13 atom stereocenters. The van der Waals surface area contributed by atoms with E-state index in [4.69, 9.17) is 23.7 Å². The summed E-state index contributed by atoms with van der Waals surface area (Å²) in [6, 6.07) is 4.24. The van der Waals surface area contributed by atoms with Crippen LogP contribution in [0.2, 0.25) is 0 Å². The summed E-state index contributed by atoms with van der Waals surface area (Å²) in [5.41, 5.74) is -4.38. The number of nitrogens with one attached hydrogen (secondary N) is 1. The number of hydrogen-bond acceptors (Lipinski definition) is 14. The molecular weight excluding hydrogens is 765 g/mol. The van der Waals surface area contributed by atoms with Crippen molar-refractivity contribution >= 4 is 17.8 Å². The number of rotatable bonds is 11. The lowest BCUT2D eigenvalue weighted by atomic mass is 9.78. The number of hydrogen-bond donors (Lipinski definition) is 2. The first-order valence-electron chi connectivity index (χ1n) is 21.0. The number of ether oxygens (including phenoxy) is 5. The third kappa shape index (κ3) is 9.97. The van der Waals surface area contributed by atoms with E-state index in [2.05, 4.69) is 20.6 Å². The fourth-order valence-corrected chi connectivity index (χ4v) is 9.26. The van der Waals surface area contributed by atoms with Gasteiger partial charge in [0.25, 0.3) is 5.67 Å². The topological polar surface area (TPSA) is 180 Å². The number of aliphatic hydroxyl groups excluding tert-OH is 1. The van der Waals surface area contributed by atoms with Crippen LogP contribution in [0.4, 0.5) is 9.18 Å². The van der Waals surface area contributed by atoms with Gasteiger partial charge < -0.3 is 39.0 Å². The number of carbonyl (C=O) groups excluding carboxylic acids is 3. The smallest absolute Gasteiger partial charge is 0.410 e. The van der Waals surface area contributed by atoms with E-state index in [1.54, 1.807) is 36.5 Å². The lowest BCUT2D eigenvalue weighted by Gasteiger charge is -2.47. The Kier molecular flexibility index (Phi) is 14.9. The van der Waals surface area contributed by atoms with Crippen molar-refractivity contribution in [1.29, 1.82) is 0 Å². The number of halogens is 1. The zero-order valence-corrected chi connectivity index (χ0v) is 36.6. The Morgan fingerprint density at radius 1 is 1.07 bits per heavy atom. The number of cyclic esters (lactones) is 1. The summed E-state index contributed by atoms with van der Waals surface area (Å²) in [5, 5.41) is 23.5. The van der Waals surface area contributed by atoms with Crippen molar-refractivity contribution in [3.05, 3.63) is 30.6 Å². The molecule has 5 heterocycles. The van der Waals surface area contributed by atoms with Gasteiger partial charge in [0.15, 0.2) is 17.7 Å². The van der Waals surface area contributed by atoms with E-state index < -0.39 is 77.3 Å². The number of nitrogens with zero attached hydrogens (tertiary/aromatic N) is 6. The Hall–Kier alpha value is -3.61. The number of unbranched alkanes of at least 4 members (excludes halogenated alkanes) is 1. The summed E-state index contributed by atoms with van der Waals surface area (Å²) in [4.78, 5) is 49.9. The summed E-state index contributed by atoms with van der Waals surface area (Å²) in [7, 11) is 5.20. The number of fused-ring (bicyclic) bond motifs is 1. The van der Waals surface area contributed by atoms with Crippen LogP contribution in [0.15, 0.2) is 30.6 Å². The highest BCUT2D eigenvalue weighted by atomic mass is 19.1. The van der Waals surface area contributed by atoms with Crippen LogP contribution in [0.1, 0.15) is 87.5 Å². The molecule has 2 N–H and O–H groups in total. The predicted octanol–water partition coefficient (Wildman–Crippen LogP) is 4.19. The SMILES string of the molecule is CC[C@H]1OC(=O)[C@](C)(F)C(=O)[C@@H](C)[C@@H](O[C@@H]2OC(C)CC(N(C)C)C2O)[C@](C)(OC)C[C@@H](C)CN[C@H](C)[C@H]2N(CCCCn3cc(-c4ccccn4)nn3)C(=O)O[C@]12C. The maximum Gasteiger partial charge on any atom is 0.410 e. The fourth-order valence-electron chi connectivity index (χ4n) is 9.26. The number of likely N-dealkylation sites (N-methyl/N-ethyl adjacent to an activating group) is 1. The van der Waals surface area contributed by atoms with Gasteiger partial charge in [0, 0.05) is 44.4 Å². The first kappa shape index (κ1) is 46.5. The Morgan fingerprint density at radius 2 is 1.78 bits per heavy atom. The minimum atomic E-state index is -3.13. The summed E-state index contributed by atoms with van der Waals surface area (Å²) in [5.74, 6) is -3.85. The number of amides is 1. The molecular formula is C42H66FN7O9. The van der Waals surface area contributed by atoms with Crippen LogP contribution >= 0.6 is 0 Å². The molecule has 59 heavy (non-hydrogen) atoms. The molecule has 3 aliphatic rings. The van der Waals surface area contributed by atoms with Crippen LogP contribution in [0.5, 0.6) is 0 Å². The third-order valence-corrected chi connectivity index (χ3v) is 12.6. The van der Waals surface area contributed by atoms with Gasteiger partial charge in [-0.3, -0.25) is 19.4 Å². The van der Waals surface area contributed by atoms with E-state index in [1.165, 1.54) is 14.0 Å². The number of aromatic nitrogens is 4. The average molecular weight is 832 g/mol. The van der Waals surface area contributed by atoms with Gasteiger partial charge in [-0.2, -0.15) is 0 Å². The molecule has 2 aromatic heterocycles. The monoisotopic (exact) mass is 831 g/mol. The summed E-state index contributed by atoms with van der Waals surface area (Å²) in [6.07, 6.45) is 0.450. The molecule has 5 rings (SSSR count). The first-order valence-corrected chi connectivity index (χ1v) is 21.0. The summed E-state index contributed by atoms with van der Waals surface area (Å²) >= 11 is 0. The van der Waals surface area contributed by atoms with E-state index >= 15 is 4.39 Å². The molecule has 17 heteroatoms. The van der Waals surface area contributed by atoms with Crippen molar-refractivity contribution in [2.45, 2.75) is 160 Å². The summed E-state index contributed by atoms with van der Waals surface area (Å²) < 4.78 is 49.5. The lowest BCUT2D eigenvalue weighted by Crippen LogP contribution is -2.61. The highest BCUT2D eigenvalue weighted by molar-refractivity contribution is 6.07. The molecule has 3 saturated heterocycles. The van der Waals surface area contributed by atoms with Crippen LogP contribution in [-0.2, 0) is 39.8 Å². The van der Waals surface area contributed by atoms with Gasteiger partial charge in [0.2, 0.25) is 0 Å². The second-order valence-corrected chi connectivity index (χ2v) is 17.6. The van der Waals surface area contributed by atoms with E-state index in [0.717, 1.165) is 12.6 Å². The van der Waals surface area contributed by atoms with Gasteiger partial charge in [-0.25, -0.2) is 14.0 Å². The molecule has 1 amide bonds. The molecule has 2 aromatic rings. The van der Waals surface area contributed by atoms with Crippen LogP contribution < -0.4 is 5.32 Å². The zero-order chi connectivity index (χ0) is 43.4. The van der Waals surface area contributed by atoms with Crippen LogP contribution in [-0.4, -0.2) is 153 Å². The van der Waals surface area contributed by atoms with E-state index in [9.17, 15) is 19.5 Å².